The first-order valence-electron chi connectivity index (χ1n) is 7.09. The highest BCUT2D eigenvalue weighted by Crippen LogP contribution is 2.34. The highest BCUT2D eigenvalue weighted by molar-refractivity contribution is 5.62. The minimum atomic E-state index is 0.0517. The monoisotopic (exact) mass is 271 g/mol. The average molecular weight is 271 g/mol. The van der Waals surface area contributed by atoms with Gasteiger partial charge in [-0.15, -0.1) is 0 Å². The summed E-state index contributed by atoms with van der Waals surface area (Å²) in [6, 6.07) is 2.27. The third-order valence-electron chi connectivity index (χ3n) is 3.44. The topological polar surface area (TPSA) is 30.7 Å². The molecular formula is C17H25N3. The van der Waals surface area contributed by atoms with Gasteiger partial charge >= 0.3 is 0 Å². The summed E-state index contributed by atoms with van der Waals surface area (Å²) in [4.78, 5) is 4.76. The molecule has 0 saturated carbocycles. The summed E-state index contributed by atoms with van der Waals surface area (Å²) in [6.07, 6.45) is 5.88. The lowest BCUT2D eigenvalue weighted by atomic mass is 9.77. The van der Waals surface area contributed by atoms with Gasteiger partial charge in [0.25, 0.3) is 0 Å². The molecule has 3 nitrogen and oxygen atoms in total. The van der Waals surface area contributed by atoms with Gasteiger partial charge < -0.3 is 0 Å². The lowest BCUT2D eigenvalue weighted by Gasteiger charge is -2.29. The smallest absolute Gasteiger partial charge is 0.0568 e. The second-order valence-corrected chi connectivity index (χ2v) is 7.52. The molecule has 0 saturated heterocycles. The molecule has 2 aromatic heterocycles. The first kappa shape index (κ1) is 14.8. The maximum absolute atomic E-state index is 4.76. The van der Waals surface area contributed by atoms with E-state index >= 15 is 0 Å². The summed E-state index contributed by atoms with van der Waals surface area (Å²) in [5.74, 6) is 0. The van der Waals surface area contributed by atoms with Crippen LogP contribution in [0, 0.1) is 0 Å². The summed E-state index contributed by atoms with van der Waals surface area (Å²) >= 11 is 0. The molecule has 0 aliphatic heterocycles. The zero-order valence-corrected chi connectivity index (χ0v) is 13.7. The summed E-state index contributed by atoms with van der Waals surface area (Å²) in [5.41, 5.74) is 4.87. The lowest BCUT2D eigenvalue weighted by molar-refractivity contribution is 0.514. The van der Waals surface area contributed by atoms with Crippen LogP contribution in [0.25, 0.3) is 11.1 Å². The Bertz CT molecular complexity index is 610. The van der Waals surface area contributed by atoms with Crippen LogP contribution in [0.15, 0.2) is 24.7 Å². The molecule has 2 rings (SSSR count). The third-order valence-corrected chi connectivity index (χ3v) is 3.44. The van der Waals surface area contributed by atoms with E-state index in [2.05, 4.69) is 52.7 Å². The number of aromatic nitrogens is 3. The number of pyridine rings is 1. The Morgan fingerprint density at radius 3 is 2.00 bits per heavy atom. The van der Waals surface area contributed by atoms with Gasteiger partial charge in [0.2, 0.25) is 0 Å². The molecule has 0 aromatic carbocycles. The standard InChI is InChI=1S/C17H25N3/c1-16(2,3)14-8-12(13-10-19-20(7)11-13)9-18-15(14)17(4,5)6/h8-11H,1-7H3. The zero-order chi connectivity index (χ0) is 15.1. The van der Waals surface area contributed by atoms with Crippen LogP contribution in [0.1, 0.15) is 52.8 Å². The minimum Gasteiger partial charge on any atom is -0.275 e. The fourth-order valence-electron chi connectivity index (χ4n) is 2.36. The van der Waals surface area contributed by atoms with Crippen molar-refractivity contribution in [2.45, 2.75) is 52.4 Å². The molecule has 0 radical (unpaired) electrons. The lowest BCUT2D eigenvalue weighted by Crippen LogP contribution is -2.23. The molecule has 108 valence electrons. The van der Waals surface area contributed by atoms with E-state index in [1.807, 2.05) is 30.3 Å². The predicted molar refractivity (Wildman–Crippen MR) is 83.8 cm³/mol. The van der Waals surface area contributed by atoms with Crippen molar-refractivity contribution in [3.63, 3.8) is 0 Å². The molecule has 0 aliphatic carbocycles. The van der Waals surface area contributed by atoms with E-state index in [0.29, 0.717) is 0 Å². The van der Waals surface area contributed by atoms with E-state index < -0.39 is 0 Å². The highest BCUT2D eigenvalue weighted by atomic mass is 15.2. The second kappa shape index (κ2) is 4.72. The number of nitrogens with zero attached hydrogens (tertiary/aromatic N) is 3. The highest BCUT2D eigenvalue weighted by Gasteiger charge is 2.26. The van der Waals surface area contributed by atoms with Crippen molar-refractivity contribution >= 4 is 0 Å². The third kappa shape index (κ3) is 2.92. The van der Waals surface area contributed by atoms with Gasteiger partial charge in [-0.3, -0.25) is 9.67 Å². The largest absolute Gasteiger partial charge is 0.275 e. The van der Waals surface area contributed by atoms with Gasteiger partial charge in [-0.1, -0.05) is 41.5 Å². The maximum atomic E-state index is 4.76. The Hall–Kier alpha value is -1.64. The van der Waals surface area contributed by atoms with Crippen LogP contribution in [0.5, 0.6) is 0 Å². The van der Waals surface area contributed by atoms with Crippen LogP contribution in [0.2, 0.25) is 0 Å². The van der Waals surface area contributed by atoms with Crippen LogP contribution in [-0.2, 0) is 17.9 Å². The van der Waals surface area contributed by atoms with Crippen LogP contribution in [0.3, 0.4) is 0 Å². The molecule has 0 bridgehead atoms. The normalized spacial score (nSPS) is 12.8. The van der Waals surface area contributed by atoms with Gasteiger partial charge in [-0.05, 0) is 17.0 Å². The summed E-state index contributed by atoms with van der Waals surface area (Å²) < 4.78 is 1.82. The van der Waals surface area contributed by atoms with Gasteiger partial charge in [0.05, 0.1) is 6.20 Å². The van der Waals surface area contributed by atoms with Crippen LogP contribution >= 0.6 is 0 Å². The Morgan fingerprint density at radius 2 is 1.55 bits per heavy atom. The van der Waals surface area contributed by atoms with Crippen molar-refractivity contribution in [1.29, 1.82) is 0 Å². The maximum Gasteiger partial charge on any atom is 0.0568 e. The Labute approximate surface area is 122 Å². The van der Waals surface area contributed by atoms with Crippen molar-refractivity contribution in [1.82, 2.24) is 14.8 Å². The Balaban J connectivity index is 2.61. The van der Waals surface area contributed by atoms with E-state index in [9.17, 15) is 0 Å². The molecule has 20 heavy (non-hydrogen) atoms. The zero-order valence-electron chi connectivity index (χ0n) is 13.7. The summed E-state index contributed by atoms with van der Waals surface area (Å²) in [6.45, 7) is 13.4. The van der Waals surface area contributed by atoms with Crippen molar-refractivity contribution in [3.05, 3.63) is 35.9 Å². The van der Waals surface area contributed by atoms with Crippen LogP contribution < -0.4 is 0 Å². The molecule has 0 unspecified atom stereocenters. The van der Waals surface area contributed by atoms with E-state index in [4.69, 9.17) is 4.98 Å². The number of hydrogen-bond donors (Lipinski definition) is 0. The van der Waals surface area contributed by atoms with Gasteiger partial charge in [0.15, 0.2) is 0 Å². The summed E-state index contributed by atoms with van der Waals surface area (Å²) in [5, 5.41) is 4.24. The molecule has 0 aliphatic rings. The van der Waals surface area contributed by atoms with Crippen molar-refractivity contribution in [3.8, 4) is 11.1 Å². The van der Waals surface area contributed by atoms with Gasteiger partial charge in [-0.2, -0.15) is 5.10 Å². The average Bonchev–Trinajstić information content (AvgIpc) is 2.73. The molecule has 0 spiro atoms. The number of aryl methyl sites for hydroxylation is 1. The van der Waals surface area contributed by atoms with Crippen molar-refractivity contribution in [2.75, 3.05) is 0 Å². The van der Waals surface area contributed by atoms with E-state index in [1.54, 1.807) is 0 Å². The van der Waals surface area contributed by atoms with Gasteiger partial charge in [0, 0.05) is 41.7 Å². The SMILES string of the molecule is Cn1cc(-c2cnc(C(C)(C)C)c(C(C)(C)C)c2)cn1. The fraction of sp³-hybridized carbons (Fsp3) is 0.529. The molecular weight excluding hydrogens is 246 g/mol. The second-order valence-electron chi connectivity index (χ2n) is 7.52. The fourth-order valence-corrected chi connectivity index (χ4v) is 2.36. The van der Waals surface area contributed by atoms with Crippen LogP contribution in [-0.4, -0.2) is 14.8 Å². The molecule has 3 heteroatoms. The van der Waals surface area contributed by atoms with E-state index in [-0.39, 0.29) is 10.8 Å². The van der Waals surface area contributed by atoms with Gasteiger partial charge in [-0.25, -0.2) is 0 Å². The van der Waals surface area contributed by atoms with Crippen molar-refractivity contribution in [2.24, 2.45) is 7.05 Å². The number of rotatable bonds is 1. The van der Waals surface area contributed by atoms with Crippen molar-refractivity contribution < 1.29 is 0 Å². The van der Waals surface area contributed by atoms with Gasteiger partial charge in [0.1, 0.15) is 0 Å². The molecule has 2 heterocycles. The molecule has 0 amide bonds. The Kier molecular flexibility index (Phi) is 3.49. The van der Waals surface area contributed by atoms with E-state index in [1.165, 1.54) is 11.3 Å². The quantitative estimate of drug-likeness (QED) is 0.782. The molecule has 0 N–H and O–H groups in total. The first-order valence-corrected chi connectivity index (χ1v) is 7.09. The summed E-state index contributed by atoms with van der Waals surface area (Å²) in [7, 11) is 1.94. The van der Waals surface area contributed by atoms with E-state index in [0.717, 1.165) is 11.1 Å². The Morgan fingerprint density at radius 1 is 0.900 bits per heavy atom. The predicted octanol–water partition coefficient (Wildman–Crippen LogP) is 4.08. The molecule has 2 aromatic rings. The molecule has 0 atom stereocenters. The minimum absolute atomic E-state index is 0.0517. The number of hydrogen-bond acceptors (Lipinski definition) is 2. The molecule has 0 fully saturated rings. The first-order chi connectivity index (χ1) is 9.09. The van der Waals surface area contributed by atoms with Crippen LogP contribution in [0.4, 0.5) is 0 Å².